The van der Waals surface area contributed by atoms with Gasteiger partial charge in [0.1, 0.15) is 6.54 Å². The van der Waals surface area contributed by atoms with Gasteiger partial charge in [-0.25, -0.2) is 13.2 Å². The fourth-order valence-electron chi connectivity index (χ4n) is 3.61. The lowest BCUT2D eigenvalue weighted by Crippen LogP contribution is -2.18. The van der Waals surface area contributed by atoms with Gasteiger partial charge in [0, 0.05) is 34.9 Å². The van der Waals surface area contributed by atoms with Crippen LogP contribution in [0.5, 0.6) is 0 Å². The van der Waals surface area contributed by atoms with Crippen molar-refractivity contribution in [1.29, 1.82) is 0 Å². The van der Waals surface area contributed by atoms with Gasteiger partial charge < -0.3 is 14.6 Å². The van der Waals surface area contributed by atoms with Crippen molar-refractivity contribution >= 4 is 44.0 Å². The summed E-state index contributed by atoms with van der Waals surface area (Å²) in [6.45, 7) is -0.0830. The van der Waals surface area contributed by atoms with Gasteiger partial charge >= 0.3 is 5.97 Å². The standard InChI is InChI=1S/C24H19N3O7S/c1-34-24(29)21-14-26(22-5-3-2-4-20(21)22)15-23(28)25-16-6-10-18(11-7-16)35(32,33)19-12-8-17(9-13-19)27(30)31/h2-14H,15H2,1H3,(H,25,28). The number of methoxy groups -OCH3 is 1. The van der Waals surface area contributed by atoms with E-state index in [0.717, 1.165) is 12.1 Å². The first-order valence-electron chi connectivity index (χ1n) is 10.3. The third kappa shape index (κ3) is 4.75. The number of rotatable bonds is 7. The Morgan fingerprint density at radius 1 is 0.971 bits per heavy atom. The lowest BCUT2D eigenvalue weighted by atomic mass is 10.2. The van der Waals surface area contributed by atoms with Crippen LogP contribution >= 0.6 is 0 Å². The summed E-state index contributed by atoms with van der Waals surface area (Å²) in [6.07, 6.45) is 1.55. The second-order valence-corrected chi connectivity index (χ2v) is 9.46. The fraction of sp³-hybridized carbons (Fsp3) is 0.0833. The number of amides is 1. The molecule has 35 heavy (non-hydrogen) atoms. The second-order valence-electron chi connectivity index (χ2n) is 7.51. The van der Waals surface area contributed by atoms with Crippen LogP contribution in [0, 0.1) is 10.1 Å². The second kappa shape index (κ2) is 9.39. The number of hydrogen-bond donors (Lipinski definition) is 1. The molecule has 4 aromatic rings. The molecule has 0 spiro atoms. The van der Waals surface area contributed by atoms with E-state index in [1.165, 1.54) is 43.5 Å². The van der Waals surface area contributed by atoms with E-state index >= 15 is 0 Å². The summed E-state index contributed by atoms with van der Waals surface area (Å²) in [5.74, 6) is -0.890. The molecule has 0 saturated heterocycles. The van der Waals surface area contributed by atoms with Crippen LogP contribution in [0.15, 0.2) is 88.8 Å². The molecule has 0 aliphatic rings. The number of fused-ring (bicyclic) bond motifs is 1. The number of nitrogens with one attached hydrogen (secondary N) is 1. The van der Waals surface area contributed by atoms with Gasteiger partial charge in [0.05, 0.1) is 27.4 Å². The van der Waals surface area contributed by atoms with E-state index in [-0.39, 0.29) is 27.9 Å². The molecule has 0 aliphatic carbocycles. The zero-order valence-electron chi connectivity index (χ0n) is 18.4. The van der Waals surface area contributed by atoms with Crippen molar-refractivity contribution in [1.82, 2.24) is 4.57 Å². The Kier molecular flexibility index (Phi) is 6.34. The number of carbonyl (C=O) groups excluding carboxylic acids is 2. The molecule has 4 rings (SSSR count). The van der Waals surface area contributed by atoms with Crippen molar-refractivity contribution in [2.24, 2.45) is 0 Å². The number of non-ortho nitro benzene ring substituents is 1. The molecular weight excluding hydrogens is 474 g/mol. The van der Waals surface area contributed by atoms with E-state index in [2.05, 4.69) is 5.32 Å². The Bertz CT molecular complexity index is 1540. The van der Waals surface area contributed by atoms with Crippen molar-refractivity contribution in [3.05, 3.63) is 94.7 Å². The van der Waals surface area contributed by atoms with E-state index < -0.39 is 20.7 Å². The Labute approximate surface area is 199 Å². The van der Waals surface area contributed by atoms with Gasteiger partial charge in [-0.15, -0.1) is 0 Å². The first-order valence-corrected chi connectivity index (χ1v) is 11.7. The minimum Gasteiger partial charge on any atom is -0.465 e. The van der Waals surface area contributed by atoms with E-state index in [1.807, 2.05) is 0 Å². The number of para-hydroxylation sites is 1. The van der Waals surface area contributed by atoms with E-state index in [1.54, 1.807) is 35.0 Å². The van der Waals surface area contributed by atoms with Crippen LogP contribution in [-0.2, 0) is 25.9 Å². The fourth-order valence-corrected chi connectivity index (χ4v) is 4.87. The monoisotopic (exact) mass is 493 g/mol. The number of nitrogens with zero attached hydrogens (tertiary/aromatic N) is 2. The van der Waals surface area contributed by atoms with Gasteiger partial charge in [-0.05, 0) is 42.5 Å². The van der Waals surface area contributed by atoms with Crippen molar-refractivity contribution in [2.45, 2.75) is 16.3 Å². The Morgan fingerprint density at radius 2 is 1.57 bits per heavy atom. The molecule has 0 aliphatic heterocycles. The Balaban J connectivity index is 1.50. The van der Waals surface area contributed by atoms with Crippen LogP contribution in [-0.4, -0.2) is 36.9 Å². The average Bonchev–Trinajstić information content (AvgIpc) is 3.22. The average molecular weight is 493 g/mol. The first kappa shape index (κ1) is 23.6. The molecular formula is C24H19N3O7S. The molecule has 178 valence electrons. The Hall–Kier alpha value is -4.51. The number of carbonyl (C=O) groups is 2. The molecule has 1 N–H and O–H groups in total. The normalized spacial score (nSPS) is 11.2. The highest BCUT2D eigenvalue weighted by atomic mass is 32.2. The highest BCUT2D eigenvalue weighted by Crippen LogP contribution is 2.25. The predicted octanol–water partition coefficient (Wildman–Crippen LogP) is 3.81. The molecule has 1 heterocycles. The van der Waals surface area contributed by atoms with Crippen molar-refractivity contribution < 1.29 is 27.7 Å². The number of esters is 1. The maximum atomic E-state index is 12.8. The van der Waals surface area contributed by atoms with Crippen LogP contribution in [0.4, 0.5) is 11.4 Å². The van der Waals surface area contributed by atoms with E-state index in [9.17, 15) is 28.1 Å². The summed E-state index contributed by atoms with van der Waals surface area (Å²) in [6, 6.07) is 17.3. The molecule has 0 fully saturated rings. The number of nitro benzene ring substituents is 1. The summed E-state index contributed by atoms with van der Waals surface area (Å²) >= 11 is 0. The van der Waals surface area contributed by atoms with Crippen molar-refractivity contribution in [2.75, 3.05) is 12.4 Å². The van der Waals surface area contributed by atoms with Gasteiger partial charge in [0.25, 0.3) is 5.69 Å². The zero-order valence-corrected chi connectivity index (χ0v) is 19.2. The smallest absolute Gasteiger partial charge is 0.340 e. The molecule has 0 unspecified atom stereocenters. The van der Waals surface area contributed by atoms with E-state index in [0.29, 0.717) is 22.2 Å². The number of aromatic nitrogens is 1. The summed E-state index contributed by atoms with van der Waals surface area (Å²) in [7, 11) is -2.61. The third-order valence-electron chi connectivity index (χ3n) is 5.31. The highest BCUT2D eigenvalue weighted by Gasteiger charge is 2.20. The number of nitro groups is 1. The van der Waals surface area contributed by atoms with Crippen LogP contribution in [0.25, 0.3) is 10.9 Å². The number of ether oxygens (including phenoxy) is 1. The summed E-state index contributed by atoms with van der Waals surface area (Å²) in [5.41, 5.74) is 1.20. The molecule has 3 aromatic carbocycles. The number of hydrogen-bond acceptors (Lipinski definition) is 7. The molecule has 0 saturated carbocycles. The number of anilines is 1. The summed E-state index contributed by atoms with van der Waals surface area (Å²) in [4.78, 5) is 34.8. The zero-order chi connectivity index (χ0) is 25.2. The molecule has 1 amide bonds. The topological polar surface area (TPSA) is 138 Å². The highest BCUT2D eigenvalue weighted by molar-refractivity contribution is 7.91. The quantitative estimate of drug-likeness (QED) is 0.235. The summed E-state index contributed by atoms with van der Waals surface area (Å²) in [5, 5.41) is 14.1. The molecule has 10 nitrogen and oxygen atoms in total. The van der Waals surface area contributed by atoms with E-state index in [4.69, 9.17) is 4.74 Å². The van der Waals surface area contributed by atoms with Crippen LogP contribution in [0.2, 0.25) is 0 Å². The van der Waals surface area contributed by atoms with Gasteiger partial charge in [-0.3, -0.25) is 14.9 Å². The minimum absolute atomic E-state index is 0.0246. The van der Waals surface area contributed by atoms with Crippen molar-refractivity contribution in [3.8, 4) is 0 Å². The lowest BCUT2D eigenvalue weighted by molar-refractivity contribution is -0.384. The molecule has 0 radical (unpaired) electrons. The van der Waals surface area contributed by atoms with Gasteiger partial charge in [-0.1, -0.05) is 18.2 Å². The number of benzene rings is 3. The van der Waals surface area contributed by atoms with Gasteiger partial charge in [0.2, 0.25) is 15.7 Å². The lowest BCUT2D eigenvalue weighted by Gasteiger charge is -2.09. The van der Waals surface area contributed by atoms with Gasteiger partial charge in [0.15, 0.2) is 0 Å². The molecule has 0 atom stereocenters. The SMILES string of the molecule is COC(=O)c1cn(CC(=O)Nc2ccc(S(=O)(=O)c3ccc([N+](=O)[O-])cc3)cc2)c2ccccc12. The molecule has 0 bridgehead atoms. The molecule has 1 aromatic heterocycles. The third-order valence-corrected chi connectivity index (χ3v) is 7.10. The first-order chi connectivity index (χ1) is 16.7. The van der Waals surface area contributed by atoms with Crippen LogP contribution in [0.1, 0.15) is 10.4 Å². The number of sulfone groups is 1. The Morgan fingerprint density at radius 3 is 2.17 bits per heavy atom. The van der Waals surface area contributed by atoms with Crippen LogP contribution < -0.4 is 5.32 Å². The minimum atomic E-state index is -3.89. The maximum absolute atomic E-state index is 12.8. The maximum Gasteiger partial charge on any atom is 0.340 e. The predicted molar refractivity (Wildman–Crippen MR) is 127 cm³/mol. The summed E-state index contributed by atoms with van der Waals surface area (Å²) < 4.78 is 32.0. The van der Waals surface area contributed by atoms with Crippen molar-refractivity contribution in [3.63, 3.8) is 0 Å². The van der Waals surface area contributed by atoms with Gasteiger partial charge in [-0.2, -0.15) is 0 Å². The molecule has 11 heteroatoms. The van der Waals surface area contributed by atoms with Crippen LogP contribution in [0.3, 0.4) is 0 Å². The largest absolute Gasteiger partial charge is 0.465 e.